The van der Waals surface area contributed by atoms with Crippen LogP contribution in [0.4, 0.5) is 21.9 Å². The summed E-state index contributed by atoms with van der Waals surface area (Å²) in [5.74, 6) is -0.508. The van der Waals surface area contributed by atoms with E-state index in [0.717, 1.165) is 17.0 Å². The molecular formula is C14H9ClN4O4. The smallest absolute Gasteiger partial charge is 0.324 e. The topological polar surface area (TPSA) is 133 Å². The van der Waals surface area contributed by atoms with E-state index in [1.54, 1.807) is 0 Å². The number of primary amides is 1. The third kappa shape index (κ3) is 3.14. The van der Waals surface area contributed by atoms with Crippen LogP contribution in [0.25, 0.3) is 0 Å². The molecule has 2 aromatic carbocycles. The first kappa shape index (κ1) is 16.1. The average Bonchev–Trinajstić information content (AvgIpc) is 2.50. The Morgan fingerprint density at radius 3 is 2.57 bits per heavy atom. The van der Waals surface area contributed by atoms with Crippen molar-refractivity contribution in [1.29, 1.82) is 5.26 Å². The van der Waals surface area contributed by atoms with E-state index in [0.29, 0.717) is 0 Å². The molecular weight excluding hydrogens is 324 g/mol. The fourth-order valence-electron chi connectivity index (χ4n) is 1.94. The van der Waals surface area contributed by atoms with Crippen molar-refractivity contribution < 1.29 is 14.8 Å². The Morgan fingerprint density at radius 2 is 2.04 bits per heavy atom. The first-order chi connectivity index (χ1) is 10.8. The Balaban J connectivity index is 2.58. The van der Waals surface area contributed by atoms with Gasteiger partial charge in [0.15, 0.2) is 0 Å². The quantitative estimate of drug-likeness (QED) is 0.658. The molecule has 116 valence electrons. The number of nitriles is 1. The Hall–Kier alpha value is -3.31. The van der Waals surface area contributed by atoms with Gasteiger partial charge in [0.25, 0.3) is 5.69 Å². The Bertz CT molecular complexity index is 847. The molecule has 0 atom stereocenters. The fraction of sp³-hybridized carbons (Fsp3) is 0. The van der Waals surface area contributed by atoms with Gasteiger partial charge >= 0.3 is 6.03 Å². The highest BCUT2D eigenvalue weighted by Gasteiger charge is 2.21. The number of phenols is 1. The van der Waals surface area contributed by atoms with E-state index in [-0.39, 0.29) is 27.6 Å². The molecule has 9 heteroatoms. The molecule has 0 saturated heterocycles. The van der Waals surface area contributed by atoms with E-state index >= 15 is 0 Å². The second-order valence-corrected chi connectivity index (χ2v) is 4.79. The van der Waals surface area contributed by atoms with Gasteiger partial charge in [0.05, 0.1) is 33.0 Å². The number of carbonyl (C=O) groups excluding carboxylic acids is 1. The summed E-state index contributed by atoms with van der Waals surface area (Å²) in [5.41, 5.74) is 5.21. The standard InChI is InChI=1S/C14H9ClN4O4/c15-11-3-1-9(5-8(11)7-16)18(14(17)21)12-4-2-10(19(22)23)6-13(12)20/h1-6,20H,(H2,17,21). The van der Waals surface area contributed by atoms with Crippen molar-refractivity contribution in [3.8, 4) is 11.8 Å². The van der Waals surface area contributed by atoms with Crippen LogP contribution in [0, 0.1) is 21.4 Å². The summed E-state index contributed by atoms with van der Waals surface area (Å²) in [5, 5.41) is 29.8. The highest BCUT2D eigenvalue weighted by molar-refractivity contribution is 6.31. The van der Waals surface area contributed by atoms with E-state index in [1.165, 1.54) is 24.3 Å². The number of nitrogens with zero attached hydrogens (tertiary/aromatic N) is 3. The number of benzene rings is 2. The number of amides is 2. The van der Waals surface area contributed by atoms with Gasteiger partial charge in [-0.2, -0.15) is 5.26 Å². The number of hydrogen-bond donors (Lipinski definition) is 2. The highest BCUT2D eigenvalue weighted by Crippen LogP contribution is 2.36. The molecule has 0 bridgehead atoms. The second-order valence-electron chi connectivity index (χ2n) is 4.38. The molecule has 0 aliphatic heterocycles. The number of nitro groups is 1. The average molecular weight is 333 g/mol. The van der Waals surface area contributed by atoms with Crippen LogP contribution in [-0.2, 0) is 0 Å². The van der Waals surface area contributed by atoms with E-state index in [4.69, 9.17) is 22.6 Å². The molecule has 0 aliphatic carbocycles. The molecule has 0 fully saturated rings. The minimum Gasteiger partial charge on any atom is -0.505 e. The number of urea groups is 1. The highest BCUT2D eigenvalue weighted by atomic mass is 35.5. The Kier molecular flexibility index (Phi) is 4.34. The lowest BCUT2D eigenvalue weighted by molar-refractivity contribution is -0.384. The van der Waals surface area contributed by atoms with Crippen molar-refractivity contribution in [2.24, 2.45) is 5.73 Å². The molecule has 0 aliphatic rings. The SMILES string of the molecule is N#Cc1cc(N(C(N)=O)c2ccc([N+](=O)[O-])cc2O)ccc1Cl. The zero-order chi connectivity index (χ0) is 17.1. The predicted molar refractivity (Wildman–Crippen MR) is 82.7 cm³/mol. The number of halogens is 1. The summed E-state index contributed by atoms with van der Waals surface area (Å²) in [6.45, 7) is 0. The monoisotopic (exact) mass is 332 g/mol. The Morgan fingerprint density at radius 1 is 1.35 bits per heavy atom. The molecule has 0 unspecified atom stereocenters. The Labute approximate surface area is 135 Å². The van der Waals surface area contributed by atoms with Crippen molar-refractivity contribution in [2.45, 2.75) is 0 Å². The van der Waals surface area contributed by atoms with Crippen molar-refractivity contribution in [2.75, 3.05) is 4.90 Å². The largest absolute Gasteiger partial charge is 0.505 e. The number of carbonyl (C=O) groups is 1. The van der Waals surface area contributed by atoms with Crippen LogP contribution in [0.15, 0.2) is 36.4 Å². The van der Waals surface area contributed by atoms with Gasteiger partial charge in [0, 0.05) is 6.07 Å². The van der Waals surface area contributed by atoms with Crippen LogP contribution < -0.4 is 10.6 Å². The summed E-state index contributed by atoms with van der Waals surface area (Å²) < 4.78 is 0. The molecule has 2 amide bonds. The summed E-state index contributed by atoms with van der Waals surface area (Å²) in [6, 6.07) is 8.24. The van der Waals surface area contributed by atoms with Crippen molar-refractivity contribution in [3.63, 3.8) is 0 Å². The van der Waals surface area contributed by atoms with E-state index in [1.807, 2.05) is 6.07 Å². The lowest BCUT2D eigenvalue weighted by atomic mass is 10.1. The van der Waals surface area contributed by atoms with E-state index < -0.39 is 16.7 Å². The van der Waals surface area contributed by atoms with Gasteiger partial charge in [-0.1, -0.05) is 11.6 Å². The van der Waals surface area contributed by atoms with Crippen LogP contribution >= 0.6 is 11.6 Å². The number of phenolic OH excluding ortho intramolecular Hbond substituents is 1. The molecule has 8 nitrogen and oxygen atoms in total. The van der Waals surface area contributed by atoms with Crippen LogP contribution in [-0.4, -0.2) is 16.1 Å². The molecule has 0 spiro atoms. The number of nitrogens with two attached hydrogens (primary N) is 1. The lowest BCUT2D eigenvalue weighted by Crippen LogP contribution is -2.31. The van der Waals surface area contributed by atoms with Crippen LogP contribution in [0.5, 0.6) is 5.75 Å². The maximum atomic E-state index is 11.7. The molecule has 0 saturated carbocycles. The first-order valence-corrected chi connectivity index (χ1v) is 6.49. The number of anilines is 2. The van der Waals surface area contributed by atoms with E-state index in [2.05, 4.69) is 0 Å². The minimum absolute atomic E-state index is 0.0608. The zero-order valence-electron chi connectivity index (χ0n) is 11.4. The van der Waals surface area contributed by atoms with Gasteiger partial charge in [-0.15, -0.1) is 0 Å². The summed E-state index contributed by atoms with van der Waals surface area (Å²) in [7, 11) is 0. The number of aromatic hydroxyl groups is 1. The molecule has 23 heavy (non-hydrogen) atoms. The van der Waals surface area contributed by atoms with Crippen molar-refractivity contribution >= 4 is 34.7 Å². The van der Waals surface area contributed by atoms with Crippen LogP contribution in [0.1, 0.15) is 5.56 Å². The third-order valence-corrected chi connectivity index (χ3v) is 3.29. The normalized spacial score (nSPS) is 9.91. The fourth-order valence-corrected chi connectivity index (χ4v) is 2.10. The minimum atomic E-state index is -0.944. The summed E-state index contributed by atoms with van der Waals surface area (Å²) in [4.78, 5) is 22.7. The molecule has 0 aromatic heterocycles. The van der Waals surface area contributed by atoms with Crippen molar-refractivity contribution in [3.05, 3.63) is 57.1 Å². The molecule has 0 radical (unpaired) electrons. The number of nitro benzene ring substituents is 1. The van der Waals surface area contributed by atoms with Gasteiger partial charge in [-0.3, -0.25) is 15.0 Å². The molecule has 0 heterocycles. The van der Waals surface area contributed by atoms with Gasteiger partial charge in [-0.05, 0) is 24.3 Å². The van der Waals surface area contributed by atoms with Gasteiger partial charge in [0.2, 0.25) is 0 Å². The molecule has 2 aromatic rings. The number of hydrogen-bond acceptors (Lipinski definition) is 5. The lowest BCUT2D eigenvalue weighted by Gasteiger charge is -2.21. The van der Waals surface area contributed by atoms with E-state index in [9.17, 15) is 20.0 Å². The van der Waals surface area contributed by atoms with Gasteiger partial charge in [0.1, 0.15) is 11.8 Å². The van der Waals surface area contributed by atoms with Gasteiger partial charge in [-0.25, -0.2) is 4.79 Å². The molecule has 2 rings (SSSR count). The van der Waals surface area contributed by atoms with Gasteiger partial charge < -0.3 is 10.8 Å². The zero-order valence-corrected chi connectivity index (χ0v) is 12.2. The van der Waals surface area contributed by atoms with Crippen LogP contribution in [0.3, 0.4) is 0 Å². The maximum absolute atomic E-state index is 11.7. The van der Waals surface area contributed by atoms with Crippen LogP contribution in [0.2, 0.25) is 5.02 Å². The summed E-state index contributed by atoms with van der Waals surface area (Å²) >= 11 is 5.83. The predicted octanol–water partition coefficient (Wildman–Crippen LogP) is 3.04. The maximum Gasteiger partial charge on any atom is 0.324 e. The third-order valence-electron chi connectivity index (χ3n) is 2.96. The number of non-ortho nitro benzene ring substituents is 1. The molecule has 3 N–H and O–H groups in total. The first-order valence-electron chi connectivity index (χ1n) is 6.11. The summed E-state index contributed by atoms with van der Waals surface area (Å²) in [6.07, 6.45) is 0. The second kappa shape index (κ2) is 6.21. The number of rotatable bonds is 3. The van der Waals surface area contributed by atoms with Crippen molar-refractivity contribution in [1.82, 2.24) is 0 Å².